The predicted octanol–water partition coefficient (Wildman–Crippen LogP) is 3.33. The Hall–Kier alpha value is -1.91. The van der Waals surface area contributed by atoms with Crippen LogP contribution in [0.5, 0.6) is 0 Å². The lowest BCUT2D eigenvalue weighted by Crippen LogP contribution is -2.16. The number of rotatable bonds is 4. The average Bonchev–Trinajstić information content (AvgIpc) is 2.80. The molecule has 1 saturated carbocycles. The van der Waals surface area contributed by atoms with Crippen LogP contribution in [0.2, 0.25) is 0 Å². The number of hydrogen-bond acceptors (Lipinski definition) is 4. The van der Waals surface area contributed by atoms with Crippen LogP contribution in [0.4, 0.5) is 11.4 Å². The van der Waals surface area contributed by atoms with Gasteiger partial charge in [0.25, 0.3) is 0 Å². The molecule has 2 aromatic rings. The number of aromatic nitrogens is 1. The first-order chi connectivity index (χ1) is 10.1. The van der Waals surface area contributed by atoms with Crippen LogP contribution >= 0.6 is 0 Å². The molecule has 1 aliphatic carbocycles. The van der Waals surface area contributed by atoms with Crippen LogP contribution in [0.3, 0.4) is 0 Å². The summed E-state index contributed by atoms with van der Waals surface area (Å²) in [6, 6.07) is 3.54. The van der Waals surface area contributed by atoms with Crippen LogP contribution in [0.25, 0.3) is 11.1 Å². The highest BCUT2D eigenvalue weighted by Gasteiger charge is 2.17. The van der Waals surface area contributed by atoms with Gasteiger partial charge in [-0.25, -0.2) is 4.79 Å². The van der Waals surface area contributed by atoms with Crippen molar-refractivity contribution in [1.29, 1.82) is 0 Å². The number of fused-ring (bicyclic) bond motifs is 1. The van der Waals surface area contributed by atoms with Crippen LogP contribution in [-0.2, 0) is 0 Å². The quantitative estimate of drug-likeness (QED) is 0.754. The van der Waals surface area contributed by atoms with E-state index < -0.39 is 5.76 Å². The lowest BCUT2D eigenvalue weighted by Gasteiger charge is -2.26. The van der Waals surface area contributed by atoms with E-state index in [2.05, 4.69) is 17.2 Å². The second kappa shape index (κ2) is 5.84. The summed E-state index contributed by atoms with van der Waals surface area (Å²) in [7, 11) is 0. The Morgan fingerprint density at radius 3 is 2.86 bits per heavy atom. The van der Waals surface area contributed by atoms with E-state index in [0.717, 1.165) is 24.1 Å². The van der Waals surface area contributed by atoms with Crippen LogP contribution in [0, 0.1) is 11.8 Å². The molecule has 1 heterocycles. The van der Waals surface area contributed by atoms with Crippen LogP contribution in [0.15, 0.2) is 21.3 Å². The molecule has 0 unspecified atom stereocenters. The molecule has 0 spiro atoms. The molecule has 0 aliphatic heterocycles. The van der Waals surface area contributed by atoms with Gasteiger partial charge < -0.3 is 15.5 Å². The van der Waals surface area contributed by atoms with Crippen molar-refractivity contribution < 1.29 is 4.42 Å². The first-order valence-corrected chi connectivity index (χ1v) is 7.78. The van der Waals surface area contributed by atoms with Crippen molar-refractivity contribution in [2.24, 2.45) is 11.8 Å². The van der Waals surface area contributed by atoms with Crippen LogP contribution in [0.1, 0.15) is 39.0 Å². The Morgan fingerprint density at radius 1 is 1.33 bits per heavy atom. The number of anilines is 2. The van der Waals surface area contributed by atoms with Crippen LogP contribution < -0.4 is 16.8 Å². The Labute approximate surface area is 123 Å². The zero-order valence-corrected chi connectivity index (χ0v) is 12.4. The molecule has 4 N–H and O–H groups in total. The first kappa shape index (κ1) is 14.0. The molecular formula is C16H23N3O2. The molecule has 0 amide bonds. The van der Waals surface area contributed by atoms with Gasteiger partial charge in [-0.3, -0.25) is 4.98 Å². The van der Waals surface area contributed by atoms with Gasteiger partial charge in [0.1, 0.15) is 0 Å². The number of nitrogens with two attached hydrogens (primary N) is 1. The number of oxazole rings is 1. The van der Waals surface area contributed by atoms with E-state index >= 15 is 0 Å². The Morgan fingerprint density at radius 2 is 2.10 bits per heavy atom. The third kappa shape index (κ3) is 3.23. The lowest BCUT2D eigenvalue weighted by atomic mass is 9.81. The molecule has 1 aromatic heterocycles. The largest absolute Gasteiger partial charge is 0.417 e. The number of aromatic amines is 1. The Balaban J connectivity index is 1.60. The number of nitrogen functional groups attached to an aromatic ring is 1. The summed E-state index contributed by atoms with van der Waals surface area (Å²) in [5, 5.41) is 3.38. The van der Waals surface area contributed by atoms with E-state index in [1.165, 1.54) is 32.1 Å². The van der Waals surface area contributed by atoms with E-state index in [9.17, 15) is 4.79 Å². The van der Waals surface area contributed by atoms with E-state index in [1.54, 1.807) is 6.07 Å². The number of benzene rings is 1. The molecule has 0 saturated heterocycles. The highest BCUT2D eigenvalue weighted by molar-refractivity contribution is 5.85. The molecule has 1 aliphatic rings. The van der Waals surface area contributed by atoms with Gasteiger partial charge in [-0.1, -0.05) is 32.6 Å². The normalized spacial score (nSPS) is 22.5. The van der Waals surface area contributed by atoms with E-state index in [0.29, 0.717) is 16.8 Å². The summed E-state index contributed by atoms with van der Waals surface area (Å²) in [5.41, 5.74) is 8.66. The van der Waals surface area contributed by atoms with Crippen molar-refractivity contribution in [3.05, 3.63) is 22.7 Å². The van der Waals surface area contributed by atoms with E-state index in [-0.39, 0.29) is 0 Å². The van der Waals surface area contributed by atoms with Gasteiger partial charge in [-0.2, -0.15) is 0 Å². The number of hydrogen-bond donors (Lipinski definition) is 3. The highest BCUT2D eigenvalue weighted by atomic mass is 16.4. The molecule has 1 fully saturated rings. The van der Waals surface area contributed by atoms with Gasteiger partial charge in [-0.05, 0) is 24.3 Å². The fourth-order valence-corrected chi connectivity index (χ4v) is 3.19. The van der Waals surface area contributed by atoms with Gasteiger partial charge in [-0.15, -0.1) is 0 Å². The molecule has 3 rings (SSSR count). The summed E-state index contributed by atoms with van der Waals surface area (Å²) >= 11 is 0. The first-order valence-electron chi connectivity index (χ1n) is 7.78. The standard InChI is InChI=1S/C16H23N3O2/c1-10-2-4-11(5-3-10)6-7-18-13-9-14-15(8-12(13)17)21-16(20)19-14/h8-11,18H,2-7,17H2,1H3,(H,19,20). The van der Waals surface area contributed by atoms with Gasteiger partial charge in [0, 0.05) is 12.6 Å². The van der Waals surface area contributed by atoms with Crippen molar-refractivity contribution >= 4 is 22.5 Å². The SMILES string of the molecule is CC1CCC(CCNc2cc3[nH]c(=O)oc3cc2N)CC1. The molecule has 5 nitrogen and oxygen atoms in total. The minimum Gasteiger partial charge on any atom is -0.408 e. The minimum atomic E-state index is -0.446. The van der Waals surface area contributed by atoms with Gasteiger partial charge in [0.05, 0.1) is 16.9 Å². The lowest BCUT2D eigenvalue weighted by molar-refractivity contribution is 0.282. The third-order valence-corrected chi connectivity index (χ3v) is 4.59. The van der Waals surface area contributed by atoms with Crippen LogP contribution in [-0.4, -0.2) is 11.5 Å². The van der Waals surface area contributed by atoms with E-state index in [4.69, 9.17) is 10.2 Å². The summed E-state index contributed by atoms with van der Waals surface area (Å²) in [4.78, 5) is 13.8. The predicted molar refractivity (Wildman–Crippen MR) is 85.5 cm³/mol. The number of H-pyrrole nitrogens is 1. The number of nitrogens with one attached hydrogen (secondary N) is 2. The molecule has 1 aromatic carbocycles. The summed E-state index contributed by atoms with van der Waals surface area (Å²) in [6.07, 6.45) is 6.56. The minimum absolute atomic E-state index is 0.446. The van der Waals surface area contributed by atoms with Crippen molar-refractivity contribution in [2.45, 2.75) is 39.0 Å². The molecule has 0 radical (unpaired) electrons. The molecule has 5 heteroatoms. The summed E-state index contributed by atoms with van der Waals surface area (Å²) in [5.74, 6) is 1.27. The van der Waals surface area contributed by atoms with Crippen molar-refractivity contribution in [3.8, 4) is 0 Å². The van der Waals surface area contributed by atoms with Crippen molar-refractivity contribution in [3.63, 3.8) is 0 Å². The molecular weight excluding hydrogens is 266 g/mol. The molecule has 21 heavy (non-hydrogen) atoms. The van der Waals surface area contributed by atoms with Gasteiger partial charge in [0.2, 0.25) is 0 Å². The fraction of sp³-hybridized carbons (Fsp3) is 0.562. The molecule has 0 bridgehead atoms. The Kier molecular flexibility index (Phi) is 3.90. The maximum absolute atomic E-state index is 11.2. The van der Waals surface area contributed by atoms with Gasteiger partial charge in [0.15, 0.2) is 5.58 Å². The monoisotopic (exact) mass is 289 g/mol. The Bertz CT molecular complexity index is 666. The molecule has 114 valence electrons. The zero-order valence-electron chi connectivity index (χ0n) is 12.4. The zero-order chi connectivity index (χ0) is 14.8. The second-order valence-electron chi connectivity index (χ2n) is 6.29. The molecule has 0 atom stereocenters. The smallest absolute Gasteiger partial charge is 0.408 e. The van der Waals surface area contributed by atoms with Crippen molar-refractivity contribution in [1.82, 2.24) is 4.98 Å². The summed E-state index contributed by atoms with van der Waals surface area (Å²) in [6.45, 7) is 3.26. The topological polar surface area (TPSA) is 84.0 Å². The second-order valence-corrected chi connectivity index (χ2v) is 6.29. The fourth-order valence-electron chi connectivity index (χ4n) is 3.19. The third-order valence-electron chi connectivity index (χ3n) is 4.59. The van der Waals surface area contributed by atoms with Crippen molar-refractivity contribution in [2.75, 3.05) is 17.6 Å². The van der Waals surface area contributed by atoms with Gasteiger partial charge >= 0.3 is 5.76 Å². The summed E-state index contributed by atoms with van der Waals surface area (Å²) < 4.78 is 4.99. The maximum Gasteiger partial charge on any atom is 0.417 e. The maximum atomic E-state index is 11.2. The van der Waals surface area contributed by atoms with E-state index in [1.807, 2.05) is 6.07 Å². The average molecular weight is 289 g/mol. The highest BCUT2D eigenvalue weighted by Crippen LogP contribution is 2.30.